The van der Waals surface area contributed by atoms with Crippen LogP contribution >= 0.6 is 0 Å². The molecule has 0 radical (unpaired) electrons. The number of anilines is 3. The van der Waals surface area contributed by atoms with Crippen LogP contribution in [0.3, 0.4) is 0 Å². The second-order valence-electron chi connectivity index (χ2n) is 7.47. The molecule has 0 aliphatic carbocycles. The van der Waals surface area contributed by atoms with Crippen molar-refractivity contribution in [2.24, 2.45) is 0 Å². The molecular weight excluding hydrogens is 402 g/mol. The summed E-state index contributed by atoms with van der Waals surface area (Å²) in [5.74, 6) is 0. The quantitative estimate of drug-likeness (QED) is 0.601. The van der Waals surface area contributed by atoms with Gasteiger partial charge in [0, 0.05) is 36.7 Å². The molecule has 0 unspecified atom stereocenters. The predicted molar refractivity (Wildman–Crippen MR) is 124 cm³/mol. The fraction of sp³-hybridized carbons (Fsp3) is 0.160. The summed E-state index contributed by atoms with van der Waals surface area (Å²) in [5, 5.41) is 14.9. The fourth-order valence-corrected chi connectivity index (χ4v) is 3.71. The molecule has 1 aliphatic heterocycles. The van der Waals surface area contributed by atoms with Gasteiger partial charge < -0.3 is 15.5 Å². The minimum atomic E-state index is -0.354. The molecule has 3 aromatic rings. The molecule has 0 aromatic heterocycles. The smallest absolute Gasteiger partial charge is 0.320 e. The summed E-state index contributed by atoms with van der Waals surface area (Å²) in [6, 6.07) is 25.5. The third-order valence-corrected chi connectivity index (χ3v) is 5.26. The predicted octanol–water partition coefficient (Wildman–Crippen LogP) is 5.03. The average Bonchev–Trinajstić information content (AvgIpc) is 2.81. The number of carbonyl (C=O) groups is 2. The lowest BCUT2D eigenvalue weighted by atomic mass is 10.1. The third-order valence-electron chi connectivity index (χ3n) is 5.26. The van der Waals surface area contributed by atoms with Crippen LogP contribution < -0.4 is 15.5 Å². The van der Waals surface area contributed by atoms with E-state index < -0.39 is 0 Å². The maximum Gasteiger partial charge on any atom is 0.324 e. The number of benzene rings is 3. The van der Waals surface area contributed by atoms with Crippen LogP contribution in [-0.4, -0.2) is 30.1 Å². The van der Waals surface area contributed by atoms with Crippen LogP contribution in [0.2, 0.25) is 0 Å². The lowest BCUT2D eigenvalue weighted by molar-refractivity contribution is 0.192. The first kappa shape index (κ1) is 20.9. The maximum atomic E-state index is 13.2. The van der Waals surface area contributed by atoms with Crippen molar-refractivity contribution in [1.29, 1.82) is 5.26 Å². The van der Waals surface area contributed by atoms with Crippen LogP contribution in [0.5, 0.6) is 0 Å². The summed E-state index contributed by atoms with van der Waals surface area (Å²) in [7, 11) is 0. The molecule has 0 saturated carbocycles. The Morgan fingerprint density at radius 3 is 2.44 bits per heavy atom. The van der Waals surface area contributed by atoms with E-state index in [-0.39, 0.29) is 12.1 Å². The first-order valence-corrected chi connectivity index (χ1v) is 10.4. The molecule has 3 aromatic carbocycles. The Labute approximate surface area is 186 Å². The number of nitriles is 1. The van der Waals surface area contributed by atoms with Gasteiger partial charge in [0.25, 0.3) is 0 Å². The van der Waals surface area contributed by atoms with E-state index in [1.54, 1.807) is 40.1 Å². The van der Waals surface area contributed by atoms with E-state index in [0.29, 0.717) is 42.3 Å². The van der Waals surface area contributed by atoms with Crippen LogP contribution in [0.1, 0.15) is 17.5 Å². The highest BCUT2D eigenvalue weighted by Gasteiger charge is 2.27. The van der Waals surface area contributed by atoms with Crippen molar-refractivity contribution in [3.63, 3.8) is 0 Å². The molecule has 0 atom stereocenters. The lowest BCUT2D eigenvalue weighted by Crippen LogP contribution is -2.49. The van der Waals surface area contributed by atoms with E-state index in [4.69, 9.17) is 0 Å². The van der Waals surface area contributed by atoms with Crippen LogP contribution in [-0.2, 0) is 6.54 Å². The number of urea groups is 2. The average molecular weight is 425 g/mol. The largest absolute Gasteiger partial charge is 0.324 e. The number of para-hydroxylation sites is 1. The van der Waals surface area contributed by atoms with E-state index in [0.717, 1.165) is 12.0 Å². The van der Waals surface area contributed by atoms with Gasteiger partial charge in [-0.1, -0.05) is 42.5 Å². The van der Waals surface area contributed by atoms with Crippen LogP contribution in [0, 0.1) is 11.3 Å². The number of nitrogens with zero attached hydrogens (tertiary/aromatic N) is 3. The molecule has 1 heterocycles. The monoisotopic (exact) mass is 425 g/mol. The summed E-state index contributed by atoms with van der Waals surface area (Å²) in [6.45, 7) is 1.61. The van der Waals surface area contributed by atoms with Crippen LogP contribution in [0.25, 0.3) is 0 Å². The Kier molecular flexibility index (Phi) is 6.33. The molecule has 2 N–H and O–H groups in total. The lowest BCUT2D eigenvalue weighted by Gasteiger charge is -2.36. The number of hydrogen-bond acceptors (Lipinski definition) is 3. The van der Waals surface area contributed by atoms with Gasteiger partial charge in [0.15, 0.2) is 0 Å². The van der Waals surface area contributed by atoms with Gasteiger partial charge >= 0.3 is 12.1 Å². The fourth-order valence-electron chi connectivity index (χ4n) is 3.71. The summed E-state index contributed by atoms with van der Waals surface area (Å²) in [5.41, 5.74) is 3.41. The summed E-state index contributed by atoms with van der Waals surface area (Å²) >= 11 is 0. The van der Waals surface area contributed by atoms with E-state index in [1.807, 2.05) is 48.5 Å². The zero-order chi connectivity index (χ0) is 22.3. The van der Waals surface area contributed by atoms with Crippen molar-refractivity contribution in [2.75, 3.05) is 28.6 Å². The highest BCUT2D eigenvalue weighted by molar-refractivity contribution is 6.00. The summed E-state index contributed by atoms with van der Waals surface area (Å²) in [4.78, 5) is 28.9. The van der Waals surface area contributed by atoms with Gasteiger partial charge in [-0.15, -0.1) is 0 Å². The van der Waals surface area contributed by atoms with Gasteiger partial charge in [0.2, 0.25) is 0 Å². The SMILES string of the molecule is N#Cc1ccccc1CN1CCCN(c2cccc(NC(=O)Nc3ccccc3)c2)C1=O. The summed E-state index contributed by atoms with van der Waals surface area (Å²) in [6.07, 6.45) is 0.812. The van der Waals surface area contributed by atoms with Gasteiger partial charge in [-0.3, -0.25) is 4.90 Å². The summed E-state index contributed by atoms with van der Waals surface area (Å²) < 4.78 is 0. The van der Waals surface area contributed by atoms with Crippen molar-refractivity contribution in [3.05, 3.63) is 90.0 Å². The zero-order valence-corrected chi connectivity index (χ0v) is 17.5. The molecule has 7 heteroatoms. The van der Waals surface area contributed by atoms with Gasteiger partial charge in [-0.25, -0.2) is 9.59 Å². The van der Waals surface area contributed by atoms with Crippen molar-refractivity contribution in [2.45, 2.75) is 13.0 Å². The van der Waals surface area contributed by atoms with Crippen molar-refractivity contribution in [3.8, 4) is 6.07 Å². The van der Waals surface area contributed by atoms with E-state index >= 15 is 0 Å². The van der Waals surface area contributed by atoms with Crippen molar-refractivity contribution >= 4 is 29.1 Å². The highest BCUT2D eigenvalue weighted by Crippen LogP contribution is 2.25. The number of amides is 4. The molecule has 7 nitrogen and oxygen atoms in total. The number of carbonyl (C=O) groups excluding carboxylic acids is 2. The second-order valence-corrected chi connectivity index (χ2v) is 7.47. The molecule has 0 bridgehead atoms. The highest BCUT2D eigenvalue weighted by atomic mass is 16.2. The standard InChI is InChI=1S/C25H23N5O2/c26-17-19-8-4-5-9-20(19)18-29-14-7-15-30(25(29)32)23-13-6-12-22(16-23)28-24(31)27-21-10-2-1-3-11-21/h1-6,8-13,16H,7,14-15,18H2,(H2,27,28,31). The van der Waals surface area contributed by atoms with Crippen LogP contribution in [0.4, 0.5) is 26.7 Å². The molecule has 160 valence electrons. The maximum absolute atomic E-state index is 13.2. The van der Waals surface area contributed by atoms with E-state index in [9.17, 15) is 14.9 Å². The molecule has 4 rings (SSSR count). The van der Waals surface area contributed by atoms with Gasteiger partial charge in [0.1, 0.15) is 0 Å². The normalized spacial score (nSPS) is 13.4. The van der Waals surface area contributed by atoms with Crippen LogP contribution in [0.15, 0.2) is 78.9 Å². The van der Waals surface area contributed by atoms with Gasteiger partial charge in [0.05, 0.1) is 11.6 Å². The third kappa shape index (κ3) is 4.87. The van der Waals surface area contributed by atoms with Gasteiger partial charge in [-0.05, 0) is 48.4 Å². The molecule has 1 aliphatic rings. The zero-order valence-electron chi connectivity index (χ0n) is 17.5. The van der Waals surface area contributed by atoms with E-state index in [1.165, 1.54) is 0 Å². The number of hydrogen-bond donors (Lipinski definition) is 2. The second kappa shape index (κ2) is 9.67. The molecule has 32 heavy (non-hydrogen) atoms. The first-order valence-electron chi connectivity index (χ1n) is 10.4. The Morgan fingerprint density at radius 2 is 1.62 bits per heavy atom. The Morgan fingerprint density at radius 1 is 0.906 bits per heavy atom. The minimum absolute atomic E-state index is 0.116. The first-order chi connectivity index (χ1) is 15.6. The Balaban J connectivity index is 1.45. The molecule has 4 amide bonds. The number of nitrogens with one attached hydrogen (secondary N) is 2. The molecule has 1 fully saturated rings. The molecule has 0 spiro atoms. The number of rotatable bonds is 5. The Hall–Kier alpha value is -4.31. The van der Waals surface area contributed by atoms with Crippen molar-refractivity contribution < 1.29 is 9.59 Å². The Bertz CT molecular complexity index is 1160. The molecular formula is C25H23N5O2. The minimum Gasteiger partial charge on any atom is -0.320 e. The van der Waals surface area contributed by atoms with E-state index in [2.05, 4.69) is 16.7 Å². The molecule has 1 saturated heterocycles. The topological polar surface area (TPSA) is 88.5 Å². The van der Waals surface area contributed by atoms with Gasteiger partial charge in [-0.2, -0.15) is 5.26 Å². The van der Waals surface area contributed by atoms with Crippen molar-refractivity contribution in [1.82, 2.24) is 4.90 Å².